The maximum Gasteiger partial charge on any atom is 0.161 e. The number of methoxy groups -OCH3 is 3. The van der Waals surface area contributed by atoms with Gasteiger partial charge in [0.05, 0.1) is 32.0 Å². The first-order valence-corrected chi connectivity index (χ1v) is 7.69. The van der Waals surface area contributed by atoms with Crippen LogP contribution in [-0.2, 0) is 4.74 Å². The summed E-state index contributed by atoms with van der Waals surface area (Å²) in [5, 5.41) is 3.29. The SMILES string of the molecule is COCCNc1nccn2c(-c3ccc(OC)c(OC)c3)ccc12. The van der Waals surface area contributed by atoms with E-state index in [-0.39, 0.29) is 0 Å². The van der Waals surface area contributed by atoms with Gasteiger partial charge < -0.3 is 23.9 Å². The molecule has 0 aliphatic rings. The van der Waals surface area contributed by atoms with Gasteiger partial charge in [-0.1, -0.05) is 0 Å². The minimum Gasteiger partial charge on any atom is -0.493 e. The van der Waals surface area contributed by atoms with Gasteiger partial charge in [-0.05, 0) is 30.3 Å². The first kappa shape index (κ1) is 16.1. The molecule has 2 aromatic heterocycles. The smallest absolute Gasteiger partial charge is 0.161 e. The van der Waals surface area contributed by atoms with Crippen LogP contribution in [0, 0.1) is 0 Å². The van der Waals surface area contributed by atoms with Gasteiger partial charge in [-0.15, -0.1) is 0 Å². The van der Waals surface area contributed by atoms with Gasteiger partial charge in [-0.25, -0.2) is 4.98 Å². The Bertz CT molecular complexity index is 829. The van der Waals surface area contributed by atoms with Crippen LogP contribution in [-0.4, -0.2) is 43.9 Å². The molecule has 126 valence electrons. The van der Waals surface area contributed by atoms with Crippen molar-refractivity contribution in [1.29, 1.82) is 0 Å². The zero-order chi connectivity index (χ0) is 16.9. The van der Waals surface area contributed by atoms with Crippen LogP contribution >= 0.6 is 0 Å². The number of nitrogens with one attached hydrogen (secondary N) is 1. The highest BCUT2D eigenvalue weighted by Crippen LogP contribution is 2.33. The lowest BCUT2D eigenvalue weighted by molar-refractivity contribution is 0.210. The molecule has 0 radical (unpaired) electrons. The van der Waals surface area contributed by atoms with E-state index in [1.54, 1.807) is 27.5 Å². The highest BCUT2D eigenvalue weighted by Gasteiger charge is 2.11. The Kier molecular flexibility index (Phi) is 4.86. The number of anilines is 1. The molecule has 0 saturated carbocycles. The molecule has 3 aromatic rings. The fourth-order valence-corrected chi connectivity index (χ4v) is 2.68. The maximum atomic E-state index is 5.40. The molecule has 0 spiro atoms. The number of benzene rings is 1. The fourth-order valence-electron chi connectivity index (χ4n) is 2.68. The first-order chi connectivity index (χ1) is 11.8. The van der Waals surface area contributed by atoms with Gasteiger partial charge in [-0.2, -0.15) is 0 Å². The van der Waals surface area contributed by atoms with Crippen molar-refractivity contribution < 1.29 is 14.2 Å². The van der Waals surface area contributed by atoms with E-state index in [2.05, 4.69) is 20.8 Å². The lowest BCUT2D eigenvalue weighted by Gasteiger charge is -2.11. The number of hydrogen-bond donors (Lipinski definition) is 1. The molecule has 0 saturated heterocycles. The number of aromatic nitrogens is 2. The molecule has 0 amide bonds. The summed E-state index contributed by atoms with van der Waals surface area (Å²) >= 11 is 0. The van der Waals surface area contributed by atoms with Crippen LogP contribution in [0.4, 0.5) is 5.82 Å². The van der Waals surface area contributed by atoms with Crippen LogP contribution < -0.4 is 14.8 Å². The van der Waals surface area contributed by atoms with Crippen molar-refractivity contribution in [3.05, 3.63) is 42.7 Å². The Morgan fingerprint density at radius 3 is 2.62 bits per heavy atom. The number of ether oxygens (including phenoxy) is 3. The first-order valence-electron chi connectivity index (χ1n) is 7.69. The highest BCUT2D eigenvalue weighted by molar-refractivity contribution is 5.76. The average molecular weight is 327 g/mol. The van der Waals surface area contributed by atoms with Gasteiger partial charge in [-0.3, -0.25) is 0 Å². The van der Waals surface area contributed by atoms with Crippen molar-refractivity contribution in [2.45, 2.75) is 0 Å². The normalized spacial score (nSPS) is 10.8. The van der Waals surface area contributed by atoms with E-state index in [1.807, 2.05) is 30.5 Å². The summed E-state index contributed by atoms with van der Waals surface area (Å²) in [5.74, 6) is 2.25. The zero-order valence-corrected chi connectivity index (χ0v) is 14.1. The summed E-state index contributed by atoms with van der Waals surface area (Å²) in [5.41, 5.74) is 3.11. The Morgan fingerprint density at radius 2 is 1.88 bits per heavy atom. The molecule has 6 heteroatoms. The third-order valence-corrected chi connectivity index (χ3v) is 3.86. The van der Waals surface area contributed by atoms with Gasteiger partial charge >= 0.3 is 0 Å². The molecule has 0 aliphatic carbocycles. The van der Waals surface area contributed by atoms with Gasteiger partial charge in [0.1, 0.15) is 5.82 Å². The summed E-state index contributed by atoms with van der Waals surface area (Å²) in [6.07, 6.45) is 3.73. The largest absolute Gasteiger partial charge is 0.493 e. The average Bonchev–Trinajstić information content (AvgIpc) is 3.06. The molecule has 0 unspecified atom stereocenters. The maximum absolute atomic E-state index is 5.40. The monoisotopic (exact) mass is 327 g/mol. The number of hydrogen-bond acceptors (Lipinski definition) is 5. The molecular weight excluding hydrogens is 306 g/mol. The molecular formula is C18H21N3O3. The van der Waals surface area contributed by atoms with E-state index in [1.165, 1.54) is 0 Å². The minimum atomic E-state index is 0.631. The van der Waals surface area contributed by atoms with Crippen LogP contribution in [0.15, 0.2) is 42.7 Å². The van der Waals surface area contributed by atoms with Crippen molar-refractivity contribution in [3.8, 4) is 22.8 Å². The second-order valence-corrected chi connectivity index (χ2v) is 5.24. The van der Waals surface area contributed by atoms with Gasteiger partial charge in [0, 0.05) is 31.6 Å². The minimum absolute atomic E-state index is 0.631. The van der Waals surface area contributed by atoms with Crippen molar-refractivity contribution in [2.24, 2.45) is 0 Å². The molecule has 24 heavy (non-hydrogen) atoms. The Balaban J connectivity index is 2.00. The van der Waals surface area contributed by atoms with E-state index in [4.69, 9.17) is 14.2 Å². The van der Waals surface area contributed by atoms with Crippen molar-refractivity contribution in [2.75, 3.05) is 39.8 Å². The summed E-state index contributed by atoms with van der Waals surface area (Å²) in [7, 11) is 4.95. The Labute approximate surface area is 141 Å². The molecule has 1 aromatic carbocycles. The third-order valence-electron chi connectivity index (χ3n) is 3.86. The molecule has 0 aliphatic heterocycles. The molecule has 2 heterocycles. The van der Waals surface area contributed by atoms with E-state index < -0.39 is 0 Å². The van der Waals surface area contributed by atoms with Crippen LogP contribution in [0.3, 0.4) is 0 Å². The molecule has 0 bridgehead atoms. The van der Waals surface area contributed by atoms with E-state index in [0.717, 1.165) is 22.6 Å². The lowest BCUT2D eigenvalue weighted by Crippen LogP contribution is -2.09. The third kappa shape index (κ3) is 3.00. The summed E-state index contributed by atoms with van der Waals surface area (Å²) < 4.78 is 17.9. The van der Waals surface area contributed by atoms with Crippen LogP contribution in [0.2, 0.25) is 0 Å². The number of fused-ring (bicyclic) bond motifs is 1. The fraction of sp³-hybridized carbons (Fsp3) is 0.278. The van der Waals surface area contributed by atoms with E-state index in [0.29, 0.717) is 24.7 Å². The van der Waals surface area contributed by atoms with Crippen LogP contribution in [0.1, 0.15) is 0 Å². The predicted octanol–water partition coefficient (Wildman–Crippen LogP) is 3.08. The molecule has 1 N–H and O–H groups in total. The van der Waals surface area contributed by atoms with Gasteiger partial charge in [0.2, 0.25) is 0 Å². The van der Waals surface area contributed by atoms with E-state index in [9.17, 15) is 0 Å². The molecule has 0 atom stereocenters. The summed E-state index contributed by atoms with van der Waals surface area (Å²) in [6, 6.07) is 10.0. The second kappa shape index (κ2) is 7.23. The van der Waals surface area contributed by atoms with Crippen LogP contribution in [0.5, 0.6) is 11.5 Å². The molecule has 6 nitrogen and oxygen atoms in total. The topological polar surface area (TPSA) is 57.0 Å². The zero-order valence-electron chi connectivity index (χ0n) is 14.1. The number of rotatable bonds is 7. The quantitative estimate of drug-likeness (QED) is 0.676. The summed E-state index contributed by atoms with van der Waals surface area (Å²) in [6.45, 7) is 1.34. The van der Waals surface area contributed by atoms with Gasteiger partial charge in [0.25, 0.3) is 0 Å². The van der Waals surface area contributed by atoms with E-state index >= 15 is 0 Å². The Hall–Kier alpha value is -2.73. The second-order valence-electron chi connectivity index (χ2n) is 5.24. The predicted molar refractivity (Wildman–Crippen MR) is 94.1 cm³/mol. The number of nitrogens with zero attached hydrogens (tertiary/aromatic N) is 2. The van der Waals surface area contributed by atoms with Crippen molar-refractivity contribution in [3.63, 3.8) is 0 Å². The van der Waals surface area contributed by atoms with Gasteiger partial charge in [0.15, 0.2) is 11.5 Å². The van der Waals surface area contributed by atoms with Crippen LogP contribution in [0.25, 0.3) is 16.8 Å². The molecule has 3 rings (SSSR count). The Morgan fingerprint density at radius 1 is 1.04 bits per heavy atom. The summed E-state index contributed by atoms with van der Waals surface area (Å²) in [4.78, 5) is 4.41. The molecule has 0 fully saturated rings. The lowest BCUT2D eigenvalue weighted by atomic mass is 10.1. The van der Waals surface area contributed by atoms with Crippen molar-refractivity contribution >= 4 is 11.3 Å². The standard InChI is InChI=1S/C18H21N3O3/c1-22-11-9-20-18-15-6-5-14(21(15)10-8-19-18)13-4-7-16(23-2)17(12-13)24-3/h4-8,10,12H,9,11H2,1-3H3,(H,19,20). The van der Waals surface area contributed by atoms with Crippen molar-refractivity contribution in [1.82, 2.24) is 9.38 Å². The highest BCUT2D eigenvalue weighted by atomic mass is 16.5.